The predicted octanol–water partition coefficient (Wildman–Crippen LogP) is 4.93. The standard InChI is InChI=1S/C23H20N2O4S3/c1-11-4-7-13(8-5-11)25-21(26)17-16(12-6-9-14(28-2)15(10-12)29-3)18-20(24-23(30)32-18)31-19(17)22(25)27/h4-10,16-17,19H,1-3H3,(H,24,30)/t16-,17+,19+/m1/s1. The molecule has 32 heavy (non-hydrogen) atoms. The number of carbonyl (C=O) groups is 2. The number of rotatable bonds is 4. The van der Waals surface area contributed by atoms with E-state index in [1.54, 1.807) is 14.2 Å². The maximum atomic E-state index is 13.7. The van der Waals surface area contributed by atoms with Crippen LogP contribution in [0.3, 0.4) is 0 Å². The van der Waals surface area contributed by atoms with Gasteiger partial charge in [-0.1, -0.05) is 35.5 Å². The van der Waals surface area contributed by atoms with Gasteiger partial charge in [0.2, 0.25) is 11.8 Å². The van der Waals surface area contributed by atoms with Crippen molar-refractivity contribution in [3.05, 3.63) is 62.4 Å². The molecule has 0 unspecified atom stereocenters. The lowest BCUT2D eigenvalue weighted by molar-refractivity contribution is -0.122. The van der Waals surface area contributed by atoms with Crippen LogP contribution in [-0.4, -0.2) is 36.3 Å². The Morgan fingerprint density at radius 1 is 1.00 bits per heavy atom. The molecule has 0 saturated carbocycles. The van der Waals surface area contributed by atoms with Crippen LogP contribution in [-0.2, 0) is 9.59 Å². The lowest BCUT2D eigenvalue weighted by Crippen LogP contribution is -2.32. The second-order valence-electron chi connectivity index (χ2n) is 7.71. The minimum absolute atomic E-state index is 0.193. The number of fused-ring (bicyclic) bond motifs is 2. The molecule has 164 valence electrons. The number of ether oxygens (including phenoxy) is 2. The van der Waals surface area contributed by atoms with Crippen molar-refractivity contribution in [2.24, 2.45) is 5.92 Å². The molecule has 3 heterocycles. The number of thiazole rings is 1. The zero-order chi connectivity index (χ0) is 22.6. The summed E-state index contributed by atoms with van der Waals surface area (Å²) in [5.74, 6) is -0.0685. The Balaban J connectivity index is 1.65. The quantitative estimate of drug-likeness (QED) is 0.418. The third-order valence-electron chi connectivity index (χ3n) is 5.88. The first-order valence-corrected chi connectivity index (χ1v) is 12.1. The summed E-state index contributed by atoms with van der Waals surface area (Å²) < 4.78 is 11.5. The molecule has 1 aromatic heterocycles. The molecule has 9 heteroatoms. The number of aryl methyl sites for hydroxylation is 1. The molecule has 6 nitrogen and oxygen atoms in total. The highest BCUT2D eigenvalue weighted by Crippen LogP contribution is 2.54. The van der Waals surface area contributed by atoms with Crippen molar-refractivity contribution in [3.63, 3.8) is 0 Å². The lowest BCUT2D eigenvalue weighted by atomic mass is 9.83. The van der Waals surface area contributed by atoms with Crippen molar-refractivity contribution in [1.29, 1.82) is 0 Å². The number of amides is 2. The molecule has 1 saturated heterocycles. The molecular formula is C23H20N2O4S3. The Hall–Kier alpha value is -2.62. The highest BCUT2D eigenvalue weighted by atomic mass is 32.2. The normalized spacial score (nSPS) is 22.0. The summed E-state index contributed by atoms with van der Waals surface area (Å²) in [6.07, 6.45) is 0. The first kappa shape index (κ1) is 21.2. The second-order valence-corrected chi connectivity index (χ2v) is 10.6. The molecule has 0 aliphatic carbocycles. The summed E-state index contributed by atoms with van der Waals surface area (Å²) in [6, 6.07) is 13.1. The van der Waals surface area contributed by atoms with Gasteiger partial charge in [0.1, 0.15) is 5.25 Å². The number of anilines is 1. The second kappa shape index (κ2) is 8.06. The van der Waals surface area contributed by atoms with Crippen molar-refractivity contribution in [3.8, 4) is 11.5 Å². The van der Waals surface area contributed by atoms with E-state index < -0.39 is 11.2 Å². The number of carbonyl (C=O) groups excluding carboxylic acids is 2. The van der Waals surface area contributed by atoms with Gasteiger partial charge in [0, 0.05) is 10.8 Å². The van der Waals surface area contributed by atoms with Crippen LogP contribution in [0.25, 0.3) is 0 Å². The maximum Gasteiger partial charge on any atom is 0.248 e. The Bertz CT molecular complexity index is 1280. The number of hydrogen-bond acceptors (Lipinski definition) is 7. The van der Waals surface area contributed by atoms with Crippen LogP contribution in [0.4, 0.5) is 5.69 Å². The molecule has 0 bridgehead atoms. The SMILES string of the molecule is COc1ccc([C@H]2c3sc(=S)[nH]c3S[C@@H]3C(=O)N(c4ccc(C)cc4)C(=O)[C@@H]23)cc1OC. The molecule has 0 radical (unpaired) electrons. The number of H-pyrrole nitrogens is 1. The van der Waals surface area contributed by atoms with E-state index in [4.69, 9.17) is 21.7 Å². The monoisotopic (exact) mass is 484 g/mol. The van der Waals surface area contributed by atoms with E-state index in [9.17, 15) is 9.59 Å². The molecule has 2 aromatic carbocycles. The topological polar surface area (TPSA) is 71.6 Å². The van der Waals surface area contributed by atoms with Gasteiger partial charge in [0.25, 0.3) is 0 Å². The number of nitrogens with one attached hydrogen (secondary N) is 1. The first-order chi connectivity index (χ1) is 15.4. The molecular weight excluding hydrogens is 464 g/mol. The number of aromatic nitrogens is 1. The van der Waals surface area contributed by atoms with E-state index in [2.05, 4.69) is 4.98 Å². The smallest absolute Gasteiger partial charge is 0.248 e. The Labute approximate surface area is 198 Å². The van der Waals surface area contributed by atoms with Gasteiger partial charge in [-0.2, -0.15) is 0 Å². The summed E-state index contributed by atoms with van der Waals surface area (Å²) in [5.41, 5.74) is 2.55. The number of aromatic amines is 1. The number of imide groups is 1. The van der Waals surface area contributed by atoms with Crippen LogP contribution >= 0.6 is 35.3 Å². The van der Waals surface area contributed by atoms with Gasteiger partial charge in [-0.15, -0.1) is 11.3 Å². The summed E-state index contributed by atoms with van der Waals surface area (Å²) in [4.78, 5) is 32.7. The van der Waals surface area contributed by atoms with Gasteiger partial charge in [0.05, 0.1) is 30.9 Å². The summed E-state index contributed by atoms with van der Waals surface area (Å²) >= 11 is 8.25. The fraction of sp³-hybridized carbons (Fsp3) is 0.261. The van der Waals surface area contributed by atoms with Crippen LogP contribution in [0.2, 0.25) is 0 Å². The van der Waals surface area contributed by atoms with Gasteiger partial charge < -0.3 is 14.5 Å². The van der Waals surface area contributed by atoms with Crippen LogP contribution in [0, 0.1) is 16.8 Å². The van der Waals surface area contributed by atoms with Gasteiger partial charge in [-0.25, -0.2) is 4.90 Å². The van der Waals surface area contributed by atoms with E-state index in [-0.39, 0.29) is 17.7 Å². The molecule has 0 spiro atoms. The fourth-order valence-corrected chi connectivity index (χ4v) is 7.33. The average Bonchev–Trinajstić information content (AvgIpc) is 3.28. The number of hydrogen-bond donors (Lipinski definition) is 1. The fourth-order valence-electron chi connectivity index (χ4n) is 4.37. The van der Waals surface area contributed by atoms with Gasteiger partial charge in [-0.05, 0) is 49.0 Å². The number of nitrogens with zero attached hydrogens (tertiary/aromatic N) is 1. The lowest BCUT2D eigenvalue weighted by Gasteiger charge is -2.30. The molecule has 5 rings (SSSR count). The van der Waals surface area contributed by atoms with E-state index in [0.29, 0.717) is 21.1 Å². The van der Waals surface area contributed by atoms with E-state index in [1.165, 1.54) is 28.0 Å². The van der Waals surface area contributed by atoms with Crippen molar-refractivity contribution < 1.29 is 19.1 Å². The minimum Gasteiger partial charge on any atom is -0.493 e. The molecule has 2 amide bonds. The van der Waals surface area contributed by atoms with Crippen LogP contribution < -0.4 is 14.4 Å². The number of methoxy groups -OCH3 is 2. The third-order valence-corrected chi connectivity index (χ3v) is 8.64. The van der Waals surface area contributed by atoms with Crippen molar-refractivity contribution in [2.75, 3.05) is 19.1 Å². The molecule has 2 aliphatic heterocycles. The molecule has 1 fully saturated rings. The van der Waals surface area contributed by atoms with Gasteiger partial charge in [0.15, 0.2) is 15.5 Å². The van der Waals surface area contributed by atoms with Crippen molar-refractivity contribution in [1.82, 2.24) is 4.98 Å². The molecule has 1 N–H and O–H groups in total. The minimum atomic E-state index is -0.541. The molecule has 3 atom stereocenters. The molecule has 2 aliphatic rings. The zero-order valence-electron chi connectivity index (χ0n) is 17.6. The summed E-state index contributed by atoms with van der Waals surface area (Å²) in [5, 5.41) is 0.322. The van der Waals surface area contributed by atoms with E-state index in [0.717, 1.165) is 21.0 Å². The van der Waals surface area contributed by atoms with Gasteiger partial charge >= 0.3 is 0 Å². The van der Waals surface area contributed by atoms with E-state index in [1.807, 2.05) is 49.4 Å². The highest BCUT2D eigenvalue weighted by Gasteiger charge is 2.56. The largest absolute Gasteiger partial charge is 0.493 e. The van der Waals surface area contributed by atoms with Gasteiger partial charge in [-0.3, -0.25) is 9.59 Å². The predicted molar refractivity (Wildman–Crippen MR) is 128 cm³/mol. The maximum absolute atomic E-state index is 13.7. The Kier molecular flexibility index (Phi) is 5.35. The summed E-state index contributed by atoms with van der Waals surface area (Å²) in [7, 11) is 3.16. The van der Waals surface area contributed by atoms with Crippen LogP contribution in [0.5, 0.6) is 11.5 Å². The first-order valence-electron chi connectivity index (χ1n) is 9.99. The average molecular weight is 485 g/mol. The zero-order valence-corrected chi connectivity index (χ0v) is 20.0. The Morgan fingerprint density at radius 2 is 1.72 bits per heavy atom. The van der Waals surface area contributed by atoms with E-state index >= 15 is 0 Å². The number of benzene rings is 2. The highest BCUT2D eigenvalue weighted by molar-refractivity contribution is 8.01. The summed E-state index contributed by atoms with van der Waals surface area (Å²) in [6.45, 7) is 1.97. The van der Waals surface area contributed by atoms with Crippen molar-refractivity contribution >= 4 is 52.8 Å². The third kappa shape index (κ3) is 3.27. The van der Waals surface area contributed by atoms with Crippen LogP contribution in [0.1, 0.15) is 21.9 Å². The van der Waals surface area contributed by atoms with Crippen LogP contribution in [0.15, 0.2) is 47.5 Å². The number of thioether (sulfide) groups is 1. The Morgan fingerprint density at radius 3 is 2.41 bits per heavy atom. The molecule has 3 aromatic rings. The van der Waals surface area contributed by atoms with Crippen molar-refractivity contribution in [2.45, 2.75) is 23.1 Å².